The third-order valence-corrected chi connectivity index (χ3v) is 4.79. The van der Waals surface area contributed by atoms with Crippen LogP contribution in [0.2, 0.25) is 0 Å². The standard InChI is InChI=1S/C19H28BrN5O2/c1-3-18(27)25-12-10-16(13-25)24-19(21-4-2)22-11-9-17(26)23-15-7-5-14(20)6-8-15/h5-8,16H,3-4,9-13H2,1-2H3,(H,23,26)(H2,21,22,24). The quantitative estimate of drug-likeness (QED) is 0.451. The van der Waals surface area contributed by atoms with Crippen LogP contribution in [0.5, 0.6) is 0 Å². The lowest BCUT2D eigenvalue weighted by Gasteiger charge is -2.18. The van der Waals surface area contributed by atoms with Crippen molar-refractivity contribution in [3.05, 3.63) is 28.7 Å². The zero-order chi connectivity index (χ0) is 19.6. The van der Waals surface area contributed by atoms with Crippen molar-refractivity contribution in [2.24, 2.45) is 4.99 Å². The third-order valence-electron chi connectivity index (χ3n) is 4.27. The molecule has 0 bridgehead atoms. The van der Waals surface area contributed by atoms with Crippen LogP contribution in [-0.2, 0) is 9.59 Å². The average molecular weight is 438 g/mol. The molecule has 1 fully saturated rings. The zero-order valence-corrected chi connectivity index (χ0v) is 17.5. The van der Waals surface area contributed by atoms with E-state index in [9.17, 15) is 9.59 Å². The van der Waals surface area contributed by atoms with Crippen LogP contribution in [0.4, 0.5) is 5.69 Å². The Morgan fingerprint density at radius 3 is 2.67 bits per heavy atom. The van der Waals surface area contributed by atoms with Crippen molar-refractivity contribution in [2.45, 2.75) is 39.2 Å². The molecule has 1 aromatic rings. The largest absolute Gasteiger partial charge is 0.357 e. The Morgan fingerprint density at radius 1 is 1.26 bits per heavy atom. The third kappa shape index (κ3) is 7.21. The van der Waals surface area contributed by atoms with E-state index in [0.717, 1.165) is 29.7 Å². The molecule has 1 atom stereocenters. The van der Waals surface area contributed by atoms with Gasteiger partial charge in [0.05, 0.1) is 6.54 Å². The lowest BCUT2D eigenvalue weighted by molar-refractivity contribution is -0.129. The molecular formula is C19H28BrN5O2. The van der Waals surface area contributed by atoms with Gasteiger partial charge in [-0.15, -0.1) is 0 Å². The number of benzene rings is 1. The first kappa shape index (κ1) is 21.2. The number of likely N-dealkylation sites (tertiary alicyclic amines) is 1. The fourth-order valence-corrected chi connectivity index (χ4v) is 3.13. The molecule has 1 unspecified atom stereocenters. The monoisotopic (exact) mass is 437 g/mol. The number of aliphatic imine (C=N–C) groups is 1. The Morgan fingerprint density at radius 2 is 2.00 bits per heavy atom. The lowest BCUT2D eigenvalue weighted by Crippen LogP contribution is -2.45. The van der Waals surface area contributed by atoms with Crippen LogP contribution >= 0.6 is 15.9 Å². The molecule has 27 heavy (non-hydrogen) atoms. The van der Waals surface area contributed by atoms with E-state index in [1.807, 2.05) is 43.0 Å². The maximum atomic E-state index is 12.1. The Balaban J connectivity index is 1.80. The molecule has 148 valence electrons. The Hall–Kier alpha value is -2.09. The summed E-state index contributed by atoms with van der Waals surface area (Å²) in [5, 5.41) is 9.42. The summed E-state index contributed by atoms with van der Waals surface area (Å²) in [6, 6.07) is 7.65. The van der Waals surface area contributed by atoms with Crippen molar-refractivity contribution >= 4 is 39.4 Å². The molecule has 3 N–H and O–H groups in total. The highest BCUT2D eigenvalue weighted by molar-refractivity contribution is 9.10. The Kier molecular flexibility index (Phi) is 8.57. The normalized spacial score (nSPS) is 16.9. The van der Waals surface area contributed by atoms with Crippen LogP contribution in [0.15, 0.2) is 33.7 Å². The summed E-state index contributed by atoms with van der Waals surface area (Å²) in [7, 11) is 0. The first-order valence-electron chi connectivity index (χ1n) is 9.39. The van der Waals surface area contributed by atoms with E-state index in [0.29, 0.717) is 31.9 Å². The van der Waals surface area contributed by atoms with Crippen LogP contribution in [-0.4, -0.2) is 54.9 Å². The summed E-state index contributed by atoms with van der Waals surface area (Å²) in [6.07, 6.45) is 1.74. The molecular weight excluding hydrogens is 410 g/mol. The highest BCUT2D eigenvalue weighted by Crippen LogP contribution is 2.14. The van der Waals surface area contributed by atoms with Crippen LogP contribution in [0.25, 0.3) is 0 Å². The molecule has 0 radical (unpaired) electrons. The molecule has 0 saturated carbocycles. The van der Waals surface area contributed by atoms with Gasteiger partial charge in [-0.05, 0) is 37.6 Å². The smallest absolute Gasteiger partial charge is 0.226 e. The first-order valence-corrected chi connectivity index (χ1v) is 10.2. The van der Waals surface area contributed by atoms with Crippen molar-refractivity contribution < 1.29 is 9.59 Å². The number of nitrogens with zero attached hydrogens (tertiary/aromatic N) is 2. The number of carbonyl (C=O) groups excluding carboxylic acids is 2. The lowest BCUT2D eigenvalue weighted by atomic mass is 10.3. The minimum Gasteiger partial charge on any atom is -0.357 e. The maximum Gasteiger partial charge on any atom is 0.226 e. The molecule has 8 heteroatoms. The molecule has 0 aromatic heterocycles. The average Bonchev–Trinajstić information content (AvgIpc) is 3.11. The summed E-state index contributed by atoms with van der Waals surface area (Å²) >= 11 is 3.37. The summed E-state index contributed by atoms with van der Waals surface area (Å²) in [5.74, 6) is 0.799. The van der Waals surface area contributed by atoms with Gasteiger partial charge in [-0.2, -0.15) is 0 Å². The number of guanidine groups is 1. The number of amides is 2. The molecule has 1 aliphatic rings. The van der Waals surface area contributed by atoms with Crippen molar-refractivity contribution in [3.8, 4) is 0 Å². The van der Waals surface area contributed by atoms with E-state index >= 15 is 0 Å². The van der Waals surface area contributed by atoms with E-state index in [1.54, 1.807) is 0 Å². The van der Waals surface area contributed by atoms with Gasteiger partial charge in [-0.3, -0.25) is 14.6 Å². The molecule has 2 amide bonds. The van der Waals surface area contributed by atoms with E-state index in [1.165, 1.54) is 0 Å². The molecule has 7 nitrogen and oxygen atoms in total. The van der Waals surface area contributed by atoms with Crippen LogP contribution in [0, 0.1) is 0 Å². The van der Waals surface area contributed by atoms with Gasteiger partial charge in [0, 0.05) is 48.7 Å². The van der Waals surface area contributed by atoms with Gasteiger partial charge in [0.2, 0.25) is 11.8 Å². The van der Waals surface area contributed by atoms with Crippen LogP contribution in [0.1, 0.15) is 33.1 Å². The van der Waals surface area contributed by atoms with E-state index < -0.39 is 0 Å². The minimum absolute atomic E-state index is 0.0718. The second-order valence-electron chi connectivity index (χ2n) is 6.39. The number of halogens is 1. The maximum absolute atomic E-state index is 12.1. The fourth-order valence-electron chi connectivity index (χ4n) is 2.87. The number of anilines is 1. The summed E-state index contributed by atoms with van der Waals surface area (Å²) in [4.78, 5) is 30.2. The second-order valence-corrected chi connectivity index (χ2v) is 7.30. The van der Waals surface area contributed by atoms with Gasteiger partial charge in [-0.1, -0.05) is 22.9 Å². The predicted octanol–water partition coefficient (Wildman–Crippen LogP) is 2.34. The van der Waals surface area contributed by atoms with Crippen molar-refractivity contribution in [2.75, 3.05) is 31.5 Å². The number of nitrogens with one attached hydrogen (secondary N) is 3. The molecule has 0 spiro atoms. The summed E-state index contributed by atoms with van der Waals surface area (Å²) in [6.45, 7) is 6.48. The van der Waals surface area contributed by atoms with E-state index in [-0.39, 0.29) is 17.9 Å². The Labute approximate surface area is 169 Å². The molecule has 1 heterocycles. The summed E-state index contributed by atoms with van der Waals surface area (Å²) in [5.41, 5.74) is 0.767. The summed E-state index contributed by atoms with van der Waals surface area (Å²) < 4.78 is 0.970. The topological polar surface area (TPSA) is 85.8 Å². The van der Waals surface area contributed by atoms with Crippen LogP contribution < -0.4 is 16.0 Å². The highest BCUT2D eigenvalue weighted by Gasteiger charge is 2.25. The molecule has 1 aliphatic heterocycles. The van der Waals surface area contributed by atoms with Crippen molar-refractivity contribution in [3.63, 3.8) is 0 Å². The predicted molar refractivity (Wildman–Crippen MR) is 112 cm³/mol. The van der Waals surface area contributed by atoms with Crippen molar-refractivity contribution in [1.82, 2.24) is 15.5 Å². The number of hydrogen-bond donors (Lipinski definition) is 3. The number of rotatable bonds is 7. The van der Waals surface area contributed by atoms with Gasteiger partial charge in [0.15, 0.2) is 5.96 Å². The molecule has 0 aliphatic carbocycles. The second kappa shape index (κ2) is 10.9. The van der Waals surface area contributed by atoms with Crippen molar-refractivity contribution in [1.29, 1.82) is 0 Å². The van der Waals surface area contributed by atoms with Gasteiger partial charge in [-0.25, -0.2) is 0 Å². The first-order chi connectivity index (χ1) is 13.0. The van der Waals surface area contributed by atoms with E-state index in [4.69, 9.17) is 0 Å². The van der Waals surface area contributed by atoms with Crippen LogP contribution in [0.3, 0.4) is 0 Å². The van der Waals surface area contributed by atoms with Gasteiger partial charge >= 0.3 is 0 Å². The fraction of sp³-hybridized carbons (Fsp3) is 0.526. The Bertz CT molecular complexity index is 663. The highest BCUT2D eigenvalue weighted by atomic mass is 79.9. The van der Waals surface area contributed by atoms with Gasteiger partial charge < -0.3 is 20.9 Å². The number of hydrogen-bond acceptors (Lipinski definition) is 3. The minimum atomic E-state index is -0.0718. The molecule has 1 aromatic carbocycles. The van der Waals surface area contributed by atoms with Gasteiger partial charge in [0.25, 0.3) is 0 Å². The molecule has 2 rings (SSSR count). The SMILES string of the molecule is CCNC(=NCCC(=O)Nc1ccc(Br)cc1)NC1CCN(C(=O)CC)C1. The molecule has 1 saturated heterocycles. The van der Waals surface area contributed by atoms with Gasteiger partial charge in [0.1, 0.15) is 0 Å². The number of carbonyl (C=O) groups is 2. The zero-order valence-electron chi connectivity index (χ0n) is 15.9. The van der Waals surface area contributed by atoms with E-state index in [2.05, 4.69) is 36.9 Å².